The molecule has 1 saturated carbocycles. The monoisotopic (exact) mass is 379 g/mol. The standard InChI is InChI=1S/C19H21N7O2/c27-18-12-16(14-4-1-2-5-14)21-13-25(18)11-9-20-19(28)15-6-7-17(24-23-15)26-10-3-8-22-26/h3,6-8,10,12-14H,1-2,4-5,9,11H2,(H,20,28). The van der Waals surface area contributed by atoms with Gasteiger partial charge >= 0.3 is 0 Å². The van der Waals surface area contributed by atoms with Gasteiger partial charge in [-0.3, -0.25) is 14.2 Å². The van der Waals surface area contributed by atoms with Gasteiger partial charge in [-0.05, 0) is 31.0 Å². The molecule has 0 atom stereocenters. The van der Waals surface area contributed by atoms with E-state index >= 15 is 0 Å². The van der Waals surface area contributed by atoms with Crippen molar-refractivity contribution >= 4 is 5.91 Å². The smallest absolute Gasteiger partial charge is 0.271 e. The number of nitrogens with zero attached hydrogens (tertiary/aromatic N) is 6. The van der Waals surface area contributed by atoms with Crippen LogP contribution in [-0.4, -0.2) is 42.0 Å². The molecule has 3 aromatic heterocycles. The predicted octanol–water partition coefficient (Wildman–Crippen LogP) is 1.31. The van der Waals surface area contributed by atoms with Crippen LogP contribution in [0.15, 0.2) is 47.8 Å². The van der Waals surface area contributed by atoms with Crippen molar-refractivity contribution in [2.24, 2.45) is 0 Å². The molecule has 0 saturated heterocycles. The number of aromatic nitrogens is 6. The van der Waals surface area contributed by atoms with Crippen LogP contribution in [0.25, 0.3) is 5.82 Å². The van der Waals surface area contributed by atoms with Crippen molar-refractivity contribution < 1.29 is 4.79 Å². The lowest BCUT2D eigenvalue weighted by molar-refractivity contribution is 0.0946. The first-order valence-electron chi connectivity index (χ1n) is 9.39. The fourth-order valence-electron chi connectivity index (χ4n) is 3.41. The second-order valence-corrected chi connectivity index (χ2v) is 6.81. The van der Waals surface area contributed by atoms with Crippen molar-refractivity contribution in [3.8, 4) is 5.82 Å². The van der Waals surface area contributed by atoms with E-state index in [1.807, 2.05) is 0 Å². The molecule has 1 N–H and O–H groups in total. The summed E-state index contributed by atoms with van der Waals surface area (Å²) in [7, 11) is 0. The molecular weight excluding hydrogens is 358 g/mol. The van der Waals surface area contributed by atoms with Crippen molar-refractivity contribution in [3.05, 3.63) is 64.7 Å². The van der Waals surface area contributed by atoms with E-state index in [1.54, 1.807) is 47.7 Å². The van der Waals surface area contributed by atoms with E-state index in [4.69, 9.17) is 0 Å². The van der Waals surface area contributed by atoms with E-state index in [1.165, 1.54) is 17.4 Å². The number of nitrogens with one attached hydrogen (secondary N) is 1. The van der Waals surface area contributed by atoms with Crippen molar-refractivity contribution in [2.75, 3.05) is 6.54 Å². The van der Waals surface area contributed by atoms with Crippen molar-refractivity contribution in [2.45, 2.75) is 38.1 Å². The number of hydrogen-bond donors (Lipinski definition) is 1. The van der Waals surface area contributed by atoms with Gasteiger partial charge in [0.15, 0.2) is 11.5 Å². The van der Waals surface area contributed by atoms with Crippen LogP contribution in [0.3, 0.4) is 0 Å². The van der Waals surface area contributed by atoms with Gasteiger partial charge in [0.2, 0.25) is 0 Å². The van der Waals surface area contributed by atoms with E-state index in [0.717, 1.165) is 18.5 Å². The first-order valence-corrected chi connectivity index (χ1v) is 9.39. The Morgan fingerprint density at radius 1 is 1.21 bits per heavy atom. The molecule has 0 aliphatic heterocycles. The largest absolute Gasteiger partial charge is 0.349 e. The lowest BCUT2D eigenvalue weighted by Crippen LogP contribution is -2.31. The Labute approximate surface area is 161 Å². The Balaban J connectivity index is 1.32. The lowest BCUT2D eigenvalue weighted by atomic mass is 10.0. The molecule has 3 aromatic rings. The van der Waals surface area contributed by atoms with Crippen molar-refractivity contribution in [1.29, 1.82) is 0 Å². The van der Waals surface area contributed by atoms with Crippen LogP contribution in [0.4, 0.5) is 0 Å². The van der Waals surface area contributed by atoms with Gasteiger partial charge in [0.25, 0.3) is 11.5 Å². The molecule has 3 heterocycles. The molecule has 9 nitrogen and oxygen atoms in total. The molecule has 0 aromatic carbocycles. The van der Waals surface area contributed by atoms with E-state index in [-0.39, 0.29) is 17.2 Å². The average Bonchev–Trinajstić information content (AvgIpc) is 3.43. The molecule has 0 spiro atoms. The van der Waals surface area contributed by atoms with Crippen LogP contribution in [0.2, 0.25) is 0 Å². The highest BCUT2D eigenvalue weighted by atomic mass is 16.2. The Morgan fingerprint density at radius 2 is 2.07 bits per heavy atom. The summed E-state index contributed by atoms with van der Waals surface area (Å²) < 4.78 is 3.06. The third-order valence-corrected chi connectivity index (χ3v) is 4.93. The average molecular weight is 379 g/mol. The molecule has 4 rings (SSSR count). The Morgan fingerprint density at radius 3 is 2.75 bits per heavy atom. The Hall–Kier alpha value is -3.36. The number of rotatable bonds is 6. The molecule has 1 fully saturated rings. The summed E-state index contributed by atoms with van der Waals surface area (Å²) in [5, 5.41) is 14.7. The van der Waals surface area contributed by atoms with Crippen LogP contribution in [-0.2, 0) is 6.54 Å². The minimum atomic E-state index is -0.344. The highest BCUT2D eigenvalue weighted by Gasteiger charge is 2.19. The van der Waals surface area contributed by atoms with Crippen LogP contribution in [0.1, 0.15) is 47.8 Å². The van der Waals surface area contributed by atoms with Crippen molar-refractivity contribution in [3.63, 3.8) is 0 Å². The summed E-state index contributed by atoms with van der Waals surface area (Å²) in [6, 6.07) is 6.66. The zero-order chi connectivity index (χ0) is 19.3. The zero-order valence-electron chi connectivity index (χ0n) is 15.4. The first-order chi connectivity index (χ1) is 13.7. The molecule has 1 aliphatic rings. The minimum absolute atomic E-state index is 0.0884. The van der Waals surface area contributed by atoms with E-state index in [2.05, 4.69) is 25.6 Å². The number of amides is 1. The van der Waals surface area contributed by atoms with Crippen LogP contribution in [0, 0.1) is 0 Å². The van der Waals surface area contributed by atoms with Crippen LogP contribution >= 0.6 is 0 Å². The SMILES string of the molecule is O=C(NCCn1cnc(C2CCCC2)cc1=O)c1ccc(-n2cccn2)nn1. The number of carbonyl (C=O) groups excluding carboxylic acids is 1. The van der Waals surface area contributed by atoms with Gasteiger partial charge < -0.3 is 5.32 Å². The molecular formula is C19H21N7O2. The molecule has 9 heteroatoms. The fourth-order valence-corrected chi connectivity index (χ4v) is 3.41. The van der Waals surface area contributed by atoms with E-state index < -0.39 is 0 Å². The highest BCUT2D eigenvalue weighted by Crippen LogP contribution is 2.32. The maximum Gasteiger partial charge on any atom is 0.271 e. The molecule has 0 unspecified atom stereocenters. The molecule has 1 aliphatic carbocycles. The maximum absolute atomic E-state index is 12.3. The fraction of sp³-hybridized carbons (Fsp3) is 0.368. The first kappa shape index (κ1) is 18.0. The van der Waals surface area contributed by atoms with Gasteiger partial charge in [-0.2, -0.15) is 5.10 Å². The third kappa shape index (κ3) is 3.98. The molecule has 1 amide bonds. The molecule has 28 heavy (non-hydrogen) atoms. The quantitative estimate of drug-likeness (QED) is 0.692. The minimum Gasteiger partial charge on any atom is -0.349 e. The van der Waals surface area contributed by atoms with Gasteiger partial charge in [-0.15, -0.1) is 10.2 Å². The molecule has 0 radical (unpaired) electrons. The summed E-state index contributed by atoms with van der Waals surface area (Å²) >= 11 is 0. The highest BCUT2D eigenvalue weighted by molar-refractivity contribution is 5.92. The van der Waals surface area contributed by atoms with Gasteiger partial charge in [-0.25, -0.2) is 9.67 Å². The second-order valence-electron chi connectivity index (χ2n) is 6.81. The number of carbonyl (C=O) groups is 1. The van der Waals surface area contributed by atoms with Gasteiger partial charge in [0.1, 0.15) is 0 Å². The second kappa shape index (κ2) is 8.12. The van der Waals surface area contributed by atoms with Gasteiger partial charge in [0, 0.05) is 37.5 Å². The topological polar surface area (TPSA) is 108 Å². The van der Waals surface area contributed by atoms with Gasteiger partial charge in [-0.1, -0.05) is 12.8 Å². The van der Waals surface area contributed by atoms with Crippen LogP contribution in [0.5, 0.6) is 0 Å². The Kier molecular flexibility index (Phi) is 5.22. The molecule has 144 valence electrons. The lowest BCUT2D eigenvalue weighted by Gasteiger charge is -2.10. The zero-order valence-corrected chi connectivity index (χ0v) is 15.4. The van der Waals surface area contributed by atoms with Crippen molar-refractivity contribution in [1.82, 2.24) is 34.8 Å². The van der Waals surface area contributed by atoms with E-state index in [0.29, 0.717) is 24.8 Å². The predicted molar refractivity (Wildman–Crippen MR) is 101 cm³/mol. The third-order valence-electron chi connectivity index (χ3n) is 4.93. The summed E-state index contributed by atoms with van der Waals surface area (Å²) in [4.78, 5) is 28.9. The summed E-state index contributed by atoms with van der Waals surface area (Å²) in [6.07, 6.45) is 9.56. The normalized spacial score (nSPS) is 14.3. The molecule has 0 bridgehead atoms. The Bertz CT molecular complexity index is 990. The summed E-state index contributed by atoms with van der Waals surface area (Å²) in [6.45, 7) is 0.646. The van der Waals surface area contributed by atoms with E-state index in [9.17, 15) is 9.59 Å². The summed E-state index contributed by atoms with van der Waals surface area (Å²) in [5.74, 6) is 0.593. The number of hydrogen-bond acceptors (Lipinski definition) is 6. The van der Waals surface area contributed by atoms with Crippen LogP contribution < -0.4 is 10.9 Å². The van der Waals surface area contributed by atoms with Gasteiger partial charge in [0.05, 0.1) is 12.0 Å². The maximum atomic E-state index is 12.3. The summed E-state index contributed by atoms with van der Waals surface area (Å²) in [5.41, 5.74) is 1.00.